The first-order chi connectivity index (χ1) is 12.9. The highest BCUT2D eigenvalue weighted by Gasteiger charge is 2.28. The number of rotatable bonds is 4. The number of anilines is 1. The lowest BCUT2D eigenvalue weighted by Gasteiger charge is -2.31. The third-order valence-corrected chi connectivity index (χ3v) is 4.83. The molecule has 2 saturated heterocycles. The molecule has 8 nitrogen and oxygen atoms in total. The van der Waals surface area contributed by atoms with Gasteiger partial charge >= 0.3 is 5.97 Å². The fraction of sp³-hybridized carbons (Fsp3) is 0.474. The van der Waals surface area contributed by atoms with E-state index in [1.54, 1.807) is 6.20 Å². The molecule has 0 spiro atoms. The van der Waals surface area contributed by atoms with Gasteiger partial charge in [0, 0.05) is 49.6 Å². The van der Waals surface area contributed by atoms with Crippen LogP contribution in [0, 0.1) is 0 Å². The van der Waals surface area contributed by atoms with Gasteiger partial charge in [-0.1, -0.05) is 6.07 Å². The lowest BCUT2D eigenvalue weighted by molar-refractivity contribution is -0.132. The Labute approximate surface area is 158 Å². The Kier molecular flexibility index (Phi) is 5.43. The number of nitrogens with two attached hydrogens (primary N) is 1. The minimum absolute atomic E-state index is 0.0384. The highest BCUT2D eigenvalue weighted by molar-refractivity contribution is 6.07. The molecule has 0 aromatic carbocycles. The van der Waals surface area contributed by atoms with Crippen molar-refractivity contribution in [3.8, 4) is 0 Å². The van der Waals surface area contributed by atoms with Crippen molar-refractivity contribution >= 4 is 23.4 Å². The van der Waals surface area contributed by atoms with Crippen LogP contribution in [-0.4, -0.2) is 53.4 Å². The topological polar surface area (TPSA) is 121 Å². The molecule has 2 aliphatic rings. The predicted molar refractivity (Wildman–Crippen MR) is 103 cm³/mol. The molecule has 1 aromatic heterocycles. The molecule has 0 unspecified atom stereocenters. The molecule has 1 amide bonds. The third-order valence-electron chi connectivity index (χ3n) is 4.83. The van der Waals surface area contributed by atoms with Crippen LogP contribution in [-0.2, 0) is 9.59 Å². The fourth-order valence-electron chi connectivity index (χ4n) is 3.48. The molecule has 0 radical (unpaired) electrons. The van der Waals surface area contributed by atoms with Gasteiger partial charge in [0.1, 0.15) is 11.5 Å². The van der Waals surface area contributed by atoms with Gasteiger partial charge in [-0.2, -0.15) is 0 Å². The second-order valence-electron chi connectivity index (χ2n) is 7.12. The van der Waals surface area contributed by atoms with Crippen molar-refractivity contribution in [3.63, 3.8) is 0 Å². The summed E-state index contributed by atoms with van der Waals surface area (Å²) in [6.07, 6.45) is 3.11. The number of carboxylic acids is 1. The van der Waals surface area contributed by atoms with Gasteiger partial charge in [-0.25, -0.2) is 9.78 Å². The molecule has 8 heteroatoms. The maximum atomic E-state index is 11.8. The minimum Gasteiger partial charge on any atom is -0.477 e. The summed E-state index contributed by atoms with van der Waals surface area (Å²) in [4.78, 5) is 34.3. The van der Waals surface area contributed by atoms with Crippen molar-refractivity contribution in [1.82, 2.24) is 10.3 Å². The van der Waals surface area contributed by atoms with Crippen LogP contribution in [0.2, 0.25) is 0 Å². The molecule has 0 saturated carbocycles. The van der Waals surface area contributed by atoms with E-state index in [1.807, 2.05) is 30.9 Å². The number of nitrogens with one attached hydrogen (secondary N) is 1. The number of pyridine rings is 1. The van der Waals surface area contributed by atoms with E-state index in [0.717, 1.165) is 23.5 Å². The Morgan fingerprint density at radius 2 is 2.22 bits per heavy atom. The molecule has 27 heavy (non-hydrogen) atoms. The van der Waals surface area contributed by atoms with E-state index in [2.05, 4.69) is 15.3 Å². The largest absolute Gasteiger partial charge is 0.477 e. The number of carboxylic acid groups (broad SMARTS) is 1. The number of piperidine rings is 1. The Morgan fingerprint density at radius 3 is 2.78 bits per heavy atom. The van der Waals surface area contributed by atoms with E-state index in [0.29, 0.717) is 31.6 Å². The van der Waals surface area contributed by atoms with Gasteiger partial charge in [-0.05, 0) is 31.9 Å². The molecule has 2 fully saturated rings. The number of aliphatic carboxylic acids is 1. The van der Waals surface area contributed by atoms with Crippen LogP contribution in [0.1, 0.15) is 38.2 Å². The van der Waals surface area contributed by atoms with Gasteiger partial charge in [0.15, 0.2) is 0 Å². The first-order valence-corrected chi connectivity index (χ1v) is 9.14. The van der Waals surface area contributed by atoms with Crippen LogP contribution in [0.4, 0.5) is 5.82 Å². The molecular weight excluding hydrogens is 346 g/mol. The maximum Gasteiger partial charge on any atom is 0.352 e. The third kappa shape index (κ3) is 4.10. The van der Waals surface area contributed by atoms with Crippen LogP contribution in [0.15, 0.2) is 34.6 Å². The highest BCUT2D eigenvalue weighted by Crippen LogP contribution is 2.26. The predicted octanol–water partition coefficient (Wildman–Crippen LogP) is 1.04. The zero-order valence-corrected chi connectivity index (χ0v) is 15.6. The molecule has 3 rings (SSSR count). The summed E-state index contributed by atoms with van der Waals surface area (Å²) in [6, 6.07) is 3.86. The Bertz CT molecular complexity index is 798. The summed E-state index contributed by atoms with van der Waals surface area (Å²) >= 11 is 0. The van der Waals surface area contributed by atoms with Gasteiger partial charge in [0.05, 0.1) is 5.92 Å². The van der Waals surface area contributed by atoms with Gasteiger partial charge in [0.25, 0.3) is 0 Å². The number of hydrogen-bond acceptors (Lipinski definition) is 6. The van der Waals surface area contributed by atoms with Crippen LogP contribution >= 0.6 is 0 Å². The monoisotopic (exact) mass is 371 g/mol. The summed E-state index contributed by atoms with van der Waals surface area (Å²) in [6.45, 7) is 5.62. The zero-order chi connectivity index (χ0) is 19.6. The molecule has 0 bridgehead atoms. The van der Waals surface area contributed by atoms with E-state index in [4.69, 9.17) is 5.73 Å². The smallest absolute Gasteiger partial charge is 0.352 e. The number of carbonyl (C=O) groups excluding carboxylic acids is 1. The Balaban J connectivity index is 1.83. The number of aliphatic imine (C=N–C) groups is 1. The van der Waals surface area contributed by atoms with Gasteiger partial charge in [-0.15, -0.1) is 0 Å². The number of hydrogen-bond donors (Lipinski definition) is 3. The van der Waals surface area contributed by atoms with Crippen LogP contribution < -0.4 is 16.0 Å². The normalized spacial score (nSPS) is 23.7. The summed E-state index contributed by atoms with van der Waals surface area (Å²) in [5, 5.41) is 12.1. The molecule has 3 heterocycles. The molecule has 144 valence electrons. The molecular formula is C19H25N5O3. The van der Waals surface area contributed by atoms with Crippen molar-refractivity contribution in [2.45, 2.75) is 38.6 Å². The van der Waals surface area contributed by atoms with E-state index in [9.17, 15) is 14.7 Å². The van der Waals surface area contributed by atoms with Crippen LogP contribution in [0.3, 0.4) is 0 Å². The second-order valence-corrected chi connectivity index (χ2v) is 7.12. The maximum absolute atomic E-state index is 11.8. The lowest BCUT2D eigenvalue weighted by atomic mass is 9.98. The van der Waals surface area contributed by atoms with Gasteiger partial charge in [0.2, 0.25) is 5.91 Å². The summed E-state index contributed by atoms with van der Waals surface area (Å²) in [7, 11) is 0. The molecule has 0 aliphatic carbocycles. The van der Waals surface area contributed by atoms with E-state index in [1.165, 1.54) is 0 Å². The van der Waals surface area contributed by atoms with Crippen molar-refractivity contribution < 1.29 is 14.7 Å². The minimum atomic E-state index is -1.14. The molecule has 2 aliphatic heterocycles. The quantitative estimate of drug-likeness (QED) is 0.680. The number of aromatic nitrogens is 1. The Morgan fingerprint density at radius 1 is 1.44 bits per heavy atom. The number of carbonyl (C=O) groups is 2. The summed E-state index contributed by atoms with van der Waals surface area (Å²) in [5.41, 5.74) is 7.85. The zero-order valence-electron chi connectivity index (χ0n) is 15.6. The van der Waals surface area contributed by atoms with Crippen molar-refractivity contribution in [3.05, 3.63) is 35.2 Å². The molecule has 4 N–H and O–H groups in total. The Hall–Kier alpha value is -2.90. The summed E-state index contributed by atoms with van der Waals surface area (Å²) < 4.78 is 0. The number of nitrogens with zero attached hydrogens (tertiary/aromatic N) is 3. The van der Waals surface area contributed by atoms with Gasteiger partial charge in [-0.3, -0.25) is 9.79 Å². The first-order valence-electron chi connectivity index (χ1n) is 9.14. The van der Waals surface area contributed by atoms with Crippen molar-refractivity contribution in [1.29, 1.82) is 0 Å². The molecule has 1 aromatic rings. The average Bonchev–Trinajstić information content (AvgIpc) is 3.07. The first kappa shape index (κ1) is 18.9. The SMILES string of the molecule is CC(C)N=C1CCN(c2ccc([C@@H]3CCNC3=O)cn2)C/C1=C(/N)C(=O)O. The highest BCUT2D eigenvalue weighted by atomic mass is 16.4. The van der Waals surface area contributed by atoms with Crippen molar-refractivity contribution in [2.75, 3.05) is 24.5 Å². The standard InChI is InChI=1S/C19H25N5O3/c1-11(2)23-15-6-8-24(10-14(15)17(20)19(26)27)16-4-3-12(9-22-16)13-5-7-21-18(13)25/h3-4,9,11,13H,5-8,10,20H2,1-2H3,(H,21,25)(H,26,27)/b17-14-,23-15?/t13-/m0/s1. The lowest BCUT2D eigenvalue weighted by Crippen LogP contribution is -2.39. The fourth-order valence-corrected chi connectivity index (χ4v) is 3.48. The van der Waals surface area contributed by atoms with E-state index >= 15 is 0 Å². The average molecular weight is 371 g/mol. The molecule has 1 atom stereocenters. The van der Waals surface area contributed by atoms with E-state index < -0.39 is 5.97 Å². The summed E-state index contributed by atoms with van der Waals surface area (Å²) in [5.74, 6) is -0.511. The van der Waals surface area contributed by atoms with Crippen LogP contribution in [0.25, 0.3) is 0 Å². The van der Waals surface area contributed by atoms with Crippen molar-refractivity contribution in [2.24, 2.45) is 10.7 Å². The second kappa shape index (κ2) is 7.77. The van der Waals surface area contributed by atoms with Crippen LogP contribution in [0.5, 0.6) is 0 Å². The van der Waals surface area contributed by atoms with E-state index in [-0.39, 0.29) is 23.6 Å². The van der Waals surface area contributed by atoms with Gasteiger partial charge < -0.3 is 21.1 Å². The number of amides is 1.